The van der Waals surface area contributed by atoms with Crippen LogP contribution in [0.15, 0.2) is 45.8 Å². The van der Waals surface area contributed by atoms with E-state index < -0.39 is 8.25 Å². The molecule has 9 heteroatoms. The van der Waals surface area contributed by atoms with E-state index in [1.54, 1.807) is 23.9 Å². The van der Waals surface area contributed by atoms with Crippen LogP contribution in [0.3, 0.4) is 0 Å². The molecule has 0 amide bonds. The molecular formula is C21H27BrF2NO3PS. The Morgan fingerprint density at radius 3 is 2.60 bits per heavy atom. The zero-order valence-corrected chi connectivity index (χ0v) is 20.0. The average molecular weight is 522 g/mol. The molecule has 0 saturated heterocycles. The Labute approximate surface area is 189 Å². The molecule has 2 aromatic carbocycles. The fourth-order valence-corrected chi connectivity index (χ4v) is 4.84. The van der Waals surface area contributed by atoms with Crippen LogP contribution in [0.25, 0.3) is 0 Å². The molecule has 0 radical (unpaired) electrons. The molecule has 1 unspecified atom stereocenters. The molecule has 0 aromatic heterocycles. The lowest BCUT2D eigenvalue weighted by Gasteiger charge is -2.10. The van der Waals surface area contributed by atoms with Gasteiger partial charge in [0.15, 0.2) is 0 Å². The maximum absolute atomic E-state index is 14.4. The predicted molar refractivity (Wildman–Crippen MR) is 122 cm³/mol. The van der Waals surface area contributed by atoms with E-state index in [-0.39, 0.29) is 18.2 Å². The second-order valence-electron chi connectivity index (χ2n) is 6.80. The summed E-state index contributed by atoms with van der Waals surface area (Å²) in [6.07, 6.45) is 4.67. The van der Waals surface area contributed by atoms with Crippen LogP contribution < -0.4 is 5.32 Å². The lowest BCUT2D eigenvalue weighted by Crippen LogP contribution is -2.16. The minimum atomic E-state index is -2.88. The van der Waals surface area contributed by atoms with Gasteiger partial charge in [0.1, 0.15) is 11.6 Å². The van der Waals surface area contributed by atoms with Crippen LogP contribution in [0.1, 0.15) is 36.8 Å². The largest absolute Gasteiger partial charge is 0.326 e. The Balaban J connectivity index is 1.65. The summed E-state index contributed by atoms with van der Waals surface area (Å²) in [6.45, 7) is 1.15. The summed E-state index contributed by atoms with van der Waals surface area (Å²) in [6, 6.07) is 9.99. The summed E-state index contributed by atoms with van der Waals surface area (Å²) in [5, 5.41) is 3.11. The highest BCUT2D eigenvalue weighted by Gasteiger charge is 2.09. The zero-order chi connectivity index (χ0) is 21.8. The van der Waals surface area contributed by atoms with Crippen molar-refractivity contribution in [2.45, 2.75) is 43.5 Å². The third-order valence-corrected chi connectivity index (χ3v) is 6.93. The van der Waals surface area contributed by atoms with Crippen molar-refractivity contribution >= 4 is 35.9 Å². The van der Waals surface area contributed by atoms with Crippen molar-refractivity contribution < 1.29 is 22.8 Å². The number of aryl methyl sites for hydroxylation is 1. The highest BCUT2D eigenvalue weighted by atomic mass is 79.9. The van der Waals surface area contributed by atoms with Gasteiger partial charge in [-0.2, -0.15) is 0 Å². The van der Waals surface area contributed by atoms with Crippen molar-refractivity contribution in [1.29, 1.82) is 0 Å². The normalized spacial score (nSPS) is 12.3. The number of nitrogens with one attached hydrogen (secondary N) is 1. The first-order chi connectivity index (χ1) is 14.5. The quantitative estimate of drug-likeness (QED) is 0.178. The van der Waals surface area contributed by atoms with Gasteiger partial charge in [-0.15, -0.1) is 11.8 Å². The molecule has 0 fully saturated rings. The summed E-state index contributed by atoms with van der Waals surface area (Å²) >= 11 is 5.16. The smallest absolute Gasteiger partial charge is 0.316 e. The standard InChI is InChI=1S/C21H27BrF2NO3PS/c22-19-13-17(15-25-10-4-11-28-29(26)27)20(24)14-21(19)30-12-3-1-2-5-16-6-8-18(23)9-7-16/h6-9,13-14,25,29H,1-5,10-12,15H2,(H,26,27). The van der Waals surface area contributed by atoms with Crippen molar-refractivity contribution in [1.82, 2.24) is 5.32 Å². The van der Waals surface area contributed by atoms with E-state index in [0.29, 0.717) is 25.1 Å². The maximum atomic E-state index is 14.4. The minimum Gasteiger partial charge on any atom is -0.326 e. The second-order valence-corrected chi connectivity index (χ2v) is 9.62. The van der Waals surface area contributed by atoms with E-state index in [4.69, 9.17) is 4.89 Å². The molecular weight excluding hydrogens is 495 g/mol. The first kappa shape index (κ1) is 25.5. The summed E-state index contributed by atoms with van der Waals surface area (Å²) in [4.78, 5) is 9.46. The van der Waals surface area contributed by atoms with Gasteiger partial charge in [0.2, 0.25) is 0 Å². The third kappa shape index (κ3) is 10.0. The molecule has 0 heterocycles. The number of hydrogen-bond acceptors (Lipinski definition) is 4. The Hall–Kier alpha value is -0.760. The van der Waals surface area contributed by atoms with Gasteiger partial charge >= 0.3 is 8.25 Å². The molecule has 4 nitrogen and oxygen atoms in total. The Morgan fingerprint density at radius 1 is 1.10 bits per heavy atom. The number of rotatable bonds is 14. The molecule has 0 saturated carbocycles. The Kier molecular flexibility index (Phi) is 12.2. The monoisotopic (exact) mass is 521 g/mol. The van der Waals surface area contributed by atoms with Crippen LogP contribution in [0.4, 0.5) is 8.78 Å². The van der Waals surface area contributed by atoms with Gasteiger partial charge in [-0.3, -0.25) is 4.57 Å². The first-order valence-electron chi connectivity index (χ1n) is 9.87. The van der Waals surface area contributed by atoms with E-state index in [0.717, 1.165) is 46.4 Å². The van der Waals surface area contributed by atoms with Gasteiger partial charge in [0, 0.05) is 21.5 Å². The van der Waals surface area contributed by atoms with Gasteiger partial charge in [-0.25, -0.2) is 8.78 Å². The molecule has 0 aliphatic rings. The number of unbranched alkanes of at least 4 members (excludes halogenated alkanes) is 2. The van der Waals surface area contributed by atoms with Crippen LogP contribution in [-0.2, 0) is 22.1 Å². The molecule has 2 rings (SSSR count). The lowest BCUT2D eigenvalue weighted by atomic mass is 10.1. The van der Waals surface area contributed by atoms with Crippen LogP contribution in [0, 0.1) is 11.6 Å². The van der Waals surface area contributed by atoms with Crippen LogP contribution in [0.5, 0.6) is 0 Å². The Morgan fingerprint density at radius 2 is 1.87 bits per heavy atom. The molecule has 1 atom stereocenters. The fourth-order valence-electron chi connectivity index (χ4n) is 2.84. The average Bonchev–Trinajstić information content (AvgIpc) is 2.71. The second kappa shape index (κ2) is 14.3. The highest BCUT2D eigenvalue weighted by Crippen LogP contribution is 2.31. The van der Waals surface area contributed by atoms with E-state index in [1.807, 2.05) is 12.1 Å². The third-order valence-electron chi connectivity index (χ3n) is 4.42. The molecule has 0 bridgehead atoms. The van der Waals surface area contributed by atoms with Gasteiger partial charge in [-0.1, -0.05) is 18.6 Å². The summed E-state index contributed by atoms with van der Waals surface area (Å²) in [5.41, 5.74) is 1.72. The van der Waals surface area contributed by atoms with E-state index >= 15 is 0 Å². The van der Waals surface area contributed by atoms with Crippen molar-refractivity contribution in [3.63, 3.8) is 0 Å². The summed E-state index contributed by atoms with van der Waals surface area (Å²) in [7, 11) is -2.88. The number of thioether (sulfide) groups is 1. The van der Waals surface area contributed by atoms with Gasteiger partial charge in [-0.05, 0) is 83.7 Å². The van der Waals surface area contributed by atoms with E-state index in [2.05, 4.69) is 25.8 Å². The van der Waals surface area contributed by atoms with Crippen molar-refractivity contribution in [3.05, 3.63) is 63.6 Å². The molecule has 30 heavy (non-hydrogen) atoms. The molecule has 2 aromatic rings. The number of hydrogen-bond donors (Lipinski definition) is 2. The fraction of sp³-hybridized carbons (Fsp3) is 0.429. The van der Waals surface area contributed by atoms with Crippen LogP contribution in [0.2, 0.25) is 0 Å². The first-order valence-corrected chi connectivity index (χ1v) is 12.9. The van der Waals surface area contributed by atoms with Crippen molar-refractivity contribution in [2.75, 3.05) is 18.9 Å². The van der Waals surface area contributed by atoms with E-state index in [9.17, 15) is 13.3 Å². The minimum absolute atomic E-state index is 0.201. The molecule has 2 N–H and O–H groups in total. The molecule has 0 spiro atoms. The highest BCUT2D eigenvalue weighted by molar-refractivity contribution is 9.10. The zero-order valence-electron chi connectivity index (χ0n) is 16.6. The van der Waals surface area contributed by atoms with E-state index in [1.165, 1.54) is 12.1 Å². The van der Waals surface area contributed by atoms with Crippen LogP contribution in [-0.4, -0.2) is 23.8 Å². The SMILES string of the molecule is O=[PH](O)OCCCNCc1cc(Br)c(SCCCCCc2ccc(F)cc2)cc1F. The molecule has 0 aliphatic carbocycles. The van der Waals surface area contributed by atoms with Crippen molar-refractivity contribution in [2.24, 2.45) is 0 Å². The van der Waals surface area contributed by atoms with Gasteiger partial charge in [0.25, 0.3) is 0 Å². The van der Waals surface area contributed by atoms with Gasteiger partial charge in [0.05, 0.1) is 6.61 Å². The summed E-state index contributed by atoms with van der Waals surface area (Å²) in [5.74, 6) is 0.454. The predicted octanol–water partition coefficient (Wildman–Crippen LogP) is 6.11. The molecule has 0 aliphatic heterocycles. The topological polar surface area (TPSA) is 58.6 Å². The maximum Gasteiger partial charge on any atom is 0.316 e. The lowest BCUT2D eigenvalue weighted by molar-refractivity contribution is 0.276. The van der Waals surface area contributed by atoms with Crippen LogP contribution >= 0.6 is 35.9 Å². The summed E-state index contributed by atoms with van der Waals surface area (Å²) < 4.78 is 43.2. The van der Waals surface area contributed by atoms with Crippen molar-refractivity contribution in [3.8, 4) is 0 Å². The number of halogens is 3. The Bertz CT molecular complexity index is 812. The number of benzene rings is 2. The van der Waals surface area contributed by atoms with Gasteiger partial charge < -0.3 is 14.7 Å². The molecule has 166 valence electrons.